The third-order valence-electron chi connectivity index (χ3n) is 4.62. The summed E-state index contributed by atoms with van der Waals surface area (Å²) in [7, 11) is 0. The summed E-state index contributed by atoms with van der Waals surface area (Å²) in [6.45, 7) is 4.47. The lowest BCUT2D eigenvalue weighted by Gasteiger charge is -2.40. The van der Waals surface area contributed by atoms with Crippen molar-refractivity contribution in [1.29, 1.82) is 0 Å². The van der Waals surface area contributed by atoms with E-state index in [1.54, 1.807) is 28.1 Å². The predicted octanol–water partition coefficient (Wildman–Crippen LogP) is 3.42. The van der Waals surface area contributed by atoms with Gasteiger partial charge in [-0.2, -0.15) is 0 Å². The van der Waals surface area contributed by atoms with Crippen molar-refractivity contribution in [2.75, 3.05) is 18.0 Å². The van der Waals surface area contributed by atoms with Gasteiger partial charge in [0.1, 0.15) is 6.54 Å². The highest BCUT2D eigenvalue weighted by atomic mass is 35.5. The van der Waals surface area contributed by atoms with E-state index in [-0.39, 0.29) is 30.2 Å². The molecule has 1 aliphatic rings. The zero-order valence-electron chi connectivity index (χ0n) is 15.0. The monoisotopic (exact) mass is 374 g/mol. The first kappa shape index (κ1) is 18.5. The molecule has 0 radical (unpaired) electrons. The second-order valence-corrected chi connectivity index (χ2v) is 7.06. The third-order valence-corrected chi connectivity index (χ3v) is 4.85. The predicted molar refractivity (Wildman–Crippen MR) is 101 cm³/mol. The molecule has 0 saturated carbocycles. The molecule has 1 aliphatic heterocycles. The minimum atomic E-state index is -0.224. The molecule has 0 aliphatic carbocycles. The number of anilines is 1. The number of amides is 2. The Balaban J connectivity index is 1.85. The van der Waals surface area contributed by atoms with Gasteiger partial charge in [0.25, 0.3) is 5.91 Å². The zero-order valence-corrected chi connectivity index (χ0v) is 15.8. The number of hydrogen-bond donors (Lipinski definition) is 1. The standard InChI is InChI=1S/C19H23ClN4O2/c1-3-4-7-16-11-23(15-8-5-6-14(20)9-15)17(25)12-24(16)19(26)18-21-10-13(2)22-18/h5-6,8-10,16H,3-4,7,11-12H2,1-2H3,(H,21,22)/t16-/m1/s1. The number of nitrogens with zero attached hydrogens (tertiary/aromatic N) is 3. The van der Waals surface area contributed by atoms with Crippen molar-refractivity contribution in [3.8, 4) is 0 Å². The number of unbranched alkanes of at least 4 members (excludes halogenated alkanes) is 1. The van der Waals surface area contributed by atoms with Crippen LogP contribution in [0.2, 0.25) is 5.02 Å². The van der Waals surface area contributed by atoms with Crippen LogP contribution in [0.15, 0.2) is 30.5 Å². The second kappa shape index (κ2) is 7.91. The number of imidazole rings is 1. The second-order valence-electron chi connectivity index (χ2n) is 6.63. The van der Waals surface area contributed by atoms with Crippen molar-refractivity contribution in [1.82, 2.24) is 14.9 Å². The van der Waals surface area contributed by atoms with Crippen molar-refractivity contribution in [2.24, 2.45) is 0 Å². The smallest absolute Gasteiger partial charge is 0.290 e. The number of piperazine rings is 1. The van der Waals surface area contributed by atoms with E-state index in [1.807, 2.05) is 19.1 Å². The van der Waals surface area contributed by atoms with E-state index in [9.17, 15) is 9.59 Å². The minimum Gasteiger partial charge on any atom is -0.338 e. The Hall–Kier alpha value is -2.34. The van der Waals surface area contributed by atoms with Crippen LogP contribution in [-0.2, 0) is 4.79 Å². The van der Waals surface area contributed by atoms with Gasteiger partial charge in [0, 0.05) is 29.1 Å². The highest BCUT2D eigenvalue weighted by Gasteiger charge is 2.36. The summed E-state index contributed by atoms with van der Waals surface area (Å²) in [5, 5.41) is 0.588. The van der Waals surface area contributed by atoms with Gasteiger partial charge in [-0.1, -0.05) is 37.4 Å². The summed E-state index contributed by atoms with van der Waals surface area (Å²) in [6.07, 6.45) is 4.48. The van der Waals surface area contributed by atoms with Crippen LogP contribution in [0.5, 0.6) is 0 Å². The maximum absolute atomic E-state index is 12.9. The number of halogens is 1. The maximum Gasteiger partial charge on any atom is 0.290 e. The lowest BCUT2D eigenvalue weighted by molar-refractivity contribution is -0.121. The van der Waals surface area contributed by atoms with Gasteiger partial charge in [-0.05, 0) is 31.5 Å². The van der Waals surface area contributed by atoms with Gasteiger partial charge in [0.2, 0.25) is 5.91 Å². The van der Waals surface area contributed by atoms with Crippen LogP contribution in [0, 0.1) is 6.92 Å². The van der Waals surface area contributed by atoms with Crippen molar-refractivity contribution >= 4 is 29.1 Å². The van der Waals surface area contributed by atoms with Gasteiger partial charge in [-0.25, -0.2) is 4.98 Å². The number of carbonyl (C=O) groups excluding carboxylic acids is 2. The van der Waals surface area contributed by atoms with E-state index in [0.29, 0.717) is 11.6 Å². The fraction of sp³-hybridized carbons (Fsp3) is 0.421. The first-order valence-corrected chi connectivity index (χ1v) is 9.26. The number of hydrogen-bond acceptors (Lipinski definition) is 3. The molecule has 2 heterocycles. The van der Waals surface area contributed by atoms with Crippen LogP contribution >= 0.6 is 11.6 Å². The number of aromatic nitrogens is 2. The normalized spacial score (nSPS) is 17.7. The average Bonchev–Trinajstić information content (AvgIpc) is 3.06. The van der Waals surface area contributed by atoms with E-state index in [2.05, 4.69) is 16.9 Å². The summed E-state index contributed by atoms with van der Waals surface area (Å²) in [5.41, 5.74) is 1.59. The van der Waals surface area contributed by atoms with E-state index in [1.165, 1.54) is 0 Å². The molecule has 1 atom stereocenters. The molecule has 138 valence electrons. The number of rotatable bonds is 5. The number of H-pyrrole nitrogens is 1. The molecule has 1 N–H and O–H groups in total. The Labute approximate surface area is 158 Å². The molecule has 1 fully saturated rings. The molecule has 2 amide bonds. The van der Waals surface area contributed by atoms with E-state index in [4.69, 9.17) is 11.6 Å². The van der Waals surface area contributed by atoms with Crippen LogP contribution in [-0.4, -0.2) is 45.8 Å². The first-order valence-electron chi connectivity index (χ1n) is 8.88. The number of nitrogens with one attached hydrogen (secondary N) is 1. The molecule has 3 rings (SSSR count). The van der Waals surface area contributed by atoms with E-state index < -0.39 is 0 Å². The van der Waals surface area contributed by atoms with Crippen LogP contribution in [0.25, 0.3) is 0 Å². The van der Waals surface area contributed by atoms with Crippen LogP contribution in [0.3, 0.4) is 0 Å². The van der Waals surface area contributed by atoms with Gasteiger partial charge >= 0.3 is 0 Å². The summed E-state index contributed by atoms with van der Waals surface area (Å²) in [5.74, 6) is -0.0528. The molecule has 0 unspecified atom stereocenters. The molecule has 1 aromatic heterocycles. The SMILES string of the molecule is CCCC[C@@H]1CN(c2cccc(Cl)c2)C(=O)CN1C(=O)c1ncc(C)[nH]1. The number of carbonyl (C=O) groups is 2. The van der Waals surface area contributed by atoms with Crippen LogP contribution in [0.4, 0.5) is 5.69 Å². The summed E-state index contributed by atoms with van der Waals surface area (Å²) in [4.78, 5) is 36.1. The van der Waals surface area contributed by atoms with Gasteiger partial charge in [0.05, 0.1) is 6.04 Å². The molecule has 7 heteroatoms. The Kier molecular flexibility index (Phi) is 5.61. The summed E-state index contributed by atoms with van der Waals surface area (Å²) < 4.78 is 0. The lowest BCUT2D eigenvalue weighted by atomic mass is 10.0. The molecule has 2 aromatic rings. The quantitative estimate of drug-likeness (QED) is 0.871. The molecule has 6 nitrogen and oxygen atoms in total. The molecule has 1 aromatic carbocycles. The highest BCUT2D eigenvalue weighted by Crippen LogP contribution is 2.25. The average molecular weight is 375 g/mol. The van der Waals surface area contributed by atoms with Crippen molar-refractivity contribution in [3.05, 3.63) is 47.0 Å². The fourth-order valence-corrected chi connectivity index (χ4v) is 3.43. The van der Waals surface area contributed by atoms with Crippen molar-refractivity contribution < 1.29 is 9.59 Å². The molecule has 26 heavy (non-hydrogen) atoms. The van der Waals surface area contributed by atoms with Gasteiger partial charge in [-0.15, -0.1) is 0 Å². The Morgan fingerprint density at radius 1 is 1.42 bits per heavy atom. The Morgan fingerprint density at radius 2 is 2.23 bits per heavy atom. The number of aryl methyl sites for hydroxylation is 1. The van der Waals surface area contributed by atoms with Crippen molar-refractivity contribution in [3.63, 3.8) is 0 Å². The lowest BCUT2D eigenvalue weighted by Crippen LogP contribution is -2.58. The van der Waals surface area contributed by atoms with Crippen LogP contribution < -0.4 is 4.90 Å². The topological polar surface area (TPSA) is 69.3 Å². The van der Waals surface area contributed by atoms with E-state index in [0.717, 1.165) is 30.6 Å². The van der Waals surface area contributed by atoms with Crippen LogP contribution in [0.1, 0.15) is 42.5 Å². The molecule has 0 spiro atoms. The third kappa shape index (κ3) is 3.90. The van der Waals surface area contributed by atoms with Crippen molar-refractivity contribution in [2.45, 2.75) is 39.2 Å². The van der Waals surface area contributed by atoms with Gasteiger partial charge in [0.15, 0.2) is 5.82 Å². The largest absolute Gasteiger partial charge is 0.338 e. The number of benzene rings is 1. The Morgan fingerprint density at radius 3 is 2.88 bits per heavy atom. The van der Waals surface area contributed by atoms with Gasteiger partial charge < -0.3 is 14.8 Å². The maximum atomic E-state index is 12.9. The minimum absolute atomic E-state index is 0.0411. The molecule has 0 bridgehead atoms. The molecule has 1 saturated heterocycles. The Bertz CT molecular complexity index is 804. The fourth-order valence-electron chi connectivity index (χ4n) is 3.25. The first-order chi connectivity index (χ1) is 12.5. The van der Waals surface area contributed by atoms with Gasteiger partial charge in [-0.3, -0.25) is 9.59 Å². The highest BCUT2D eigenvalue weighted by molar-refractivity contribution is 6.30. The summed E-state index contributed by atoms with van der Waals surface area (Å²) in [6, 6.07) is 7.21. The van der Waals surface area contributed by atoms with E-state index >= 15 is 0 Å². The molecular formula is C19H23ClN4O2. The zero-order chi connectivity index (χ0) is 18.7. The number of aromatic amines is 1. The summed E-state index contributed by atoms with van der Waals surface area (Å²) >= 11 is 6.08. The molecular weight excluding hydrogens is 352 g/mol.